The maximum atomic E-state index is 7.63. The molecule has 0 bridgehead atoms. The zero-order chi connectivity index (χ0) is 38.3. The first-order chi connectivity index (χ1) is 24.9. The summed E-state index contributed by atoms with van der Waals surface area (Å²) in [7, 11) is 0. The third kappa shape index (κ3) is 7.74. The van der Waals surface area contributed by atoms with E-state index in [1.165, 1.54) is 41.8 Å². The number of benzene rings is 4. The summed E-state index contributed by atoms with van der Waals surface area (Å²) < 4.78 is 48.8. The molecule has 0 amide bonds. The third-order valence-electron chi connectivity index (χ3n) is 8.37. The van der Waals surface area contributed by atoms with Crippen molar-refractivity contribution < 1.29 is 28.3 Å². The second-order valence-electron chi connectivity index (χ2n) is 13.2. The number of hydrogen-bond donors (Lipinski definition) is 0. The molecule has 0 fully saturated rings. The molecule has 0 atom stereocenters. The van der Waals surface area contributed by atoms with Crippen LogP contribution in [-0.2, 0) is 20.1 Å². The van der Waals surface area contributed by atoms with Crippen LogP contribution in [0, 0.1) is 32.8 Å². The molecule has 0 spiro atoms. The van der Waals surface area contributed by atoms with Gasteiger partial charge in [-0.2, -0.15) is 11.3 Å². The molecule has 3 heterocycles. The van der Waals surface area contributed by atoms with Crippen LogP contribution in [0.25, 0.3) is 53.8 Å². The molecule has 4 aromatic carbocycles. The Hall–Kier alpha value is -3.41. The molecule has 7 aromatic rings. The van der Waals surface area contributed by atoms with Crippen molar-refractivity contribution in [3.05, 3.63) is 138 Å². The first-order valence-electron chi connectivity index (χ1n) is 18.8. The van der Waals surface area contributed by atoms with Gasteiger partial charge in [-0.05, 0) is 45.7 Å². The standard InChI is InChI=1S/C27H22NS.C16H20GeN.Ir/c1-17(2)20-14-15-28-25(16-20)24-9-5-8-23-22-7-4-6-21(26(22)29-27(23)24)19-12-10-18(3)11-13-19;1-12-6-8-14(9-7-12)16-10-13(2)15(11-18-16)17(3,4)5;/h4-8,10-17H,1-3H3;6-8,10-11H,1-5H3;/q2*-1;/i3D3;1D3;. The maximum absolute atomic E-state index is 7.63. The zero-order valence-corrected chi connectivity index (χ0v) is 33.3. The van der Waals surface area contributed by atoms with E-state index in [-0.39, 0.29) is 20.1 Å². The molecule has 3 aromatic heterocycles. The van der Waals surface area contributed by atoms with E-state index in [9.17, 15) is 0 Å². The fourth-order valence-electron chi connectivity index (χ4n) is 5.85. The van der Waals surface area contributed by atoms with Gasteiger partial charge in [0.05, 0.1) is 0 Å². The summed E-state index contributed by atoms with van der Waals surface area (Å²) in [4.78, 5) is 9.19. The summed E-state index contributed by atoms with van der Waals surface area (Å²) in [5.41, 5.74) is 8.96. The second-order valence-corrected chi connectivity index (χ2v) is 24.8. The van der Waals surface area contributed by atoms with Gasteiger partial charge in [-0.1, -0.05) is 78.9 Å². The smallest absolute Gasteiger partial charge is 0.0318 e. The normalized spacial score (nSPS) is 13.7. The average Bonchev–Trinajstić information content (AvgIpc) is 3.50. The average molecular weight is 890 g/mol. The predicted molar refractivity (Wildman–Crippen MR) is 207 cm³/mol. The summed E-state index contributed by atoms with van der Waals surface area (Å²) in [6, 6.07) is 35.3. The van der Waals surface area contributed by atoms with E-state index in [1.54, 1.807) is 35.6 Å². The van der Waals surface area contributed by atoms with Crippen LogP contribution < -0.4 is 4.40 Å². The molecule has 0 aliphatic heterocycles. The third-order valence-corrected chi connectivity index (χ3v) is 14.1. The van der Waals surface area contributed by atoms with E-state index in [0.717, 1.165) is 33.6 Å². The number of pyridine rings is 2. The van der Waals surface area contributed by atoms with Gasteiger partial charge in [-0.25, -0.2) is 0 Å². The molecule has 0 aliphatic rings. The van der Waals surface area contributed by atoms with Crippen LogP contribution in [-0.4, -0.2) is 23.2 Å². The molecular formula is C43H42GeIrN2S-2. The Bertz CT molecular complexity index is 2390. The number of hydrogen-bond acceptors (Lipinski definition) is 3. The number of thiophene rings is 1. The molecule has 0 saturated carbocycles. The van der Waals surface area contributed by atoms with Crippen molar-refractivity contribution in [2.75, 3.05) is 0 Å². The summed E-state index contributed by atoms with van der Waals surface area (Å²) in [5, 5.41) is 2.38. The van der Waals surface area contributed by atoms with Gasteiger partial charge in [0.15, 0.2) is 0 Å². The quantitative estimate of drug-likeness (QED) is 0.127. The molecule has 2 nitrogen and oxygen atoms in total. The van der Waals surface area contributed by atoms with E-state index >= 15 is 0 Å². The molecule has 0 aliphatic carbocycles. The van der Waals surface area contributed by atoms with Gasteiger partial charge in [0.2, 0.25) is 0 Å². The van der Waals surface area contributed by atoms with Crippen LogP contribution in [0.1, 0.15) is 50.2 Å². The van der Waals surface area contributed by atoms with Crippen molar-refractivity contribution in [1.82, 2.24) is 9.97 Å². The molecular weight excluding hydrogens is 841 g/mol. The molecule has 0 unspecified atom stereocenters. The van der Waals surface area contributed by atoms with Crippen molar-refractivity contribution in [1.29, 1.82) is 0 Å². The molecule has 245 valence electrons. The molecule has 1 radical (unpaired) electrons. The molecule has 7 rings (SSSR count). The summed E-state index contributed by atoms with van der Waals surface area (Å²) >= 11 is -0.141. The van der Waals surface area contributed by atoms with Crippen LogP contribution in [0.2, 0.25) is 17.3 Å². The molecule has 5 heteroatoms. The van der Waals surface area contributed by atoms with Crippen molar-refractivity contribution in [2.24, 2.45) is 0 Å². The van der Waals surface area contributed by atoms with Gasteiger partial charge in [-0.15, -0.1) is 23.8 Å². The van der Waals surface area contributed by atoms with Crippen LogP contribution in [0.5, 0.6) is 0 Å². The van der Waals surface area contributed by atoms with Gasteiger partial charge in [0.1, 0.15) is 0 Å². The minimum atomic E-state index is -2.09. The van der Waals surface area contributed by atoms with Gasteiger partial charge >= 0.3 is 117 Å². The van der Waals surface area contributed by atoms with Gasteiger partial charge in [0.25, 0.3) is 0 Å². The van der Waals surface area contributed by atoms with E-state index in [4.69, 9.17) is 8.22 Å². The monoisotopic (exact) mass is 891 g/mol. The van der Waals surface area contributed by atoms with Crippen molar-refractivity contribution >= 4 is 49.2 Å². The Morgan fingerprint density at radius 1 is 0.792 bits per heavy atom. The Morgan fingerprint density at radius 3 is 2.21 bits per heavy atom. The Balaban J connectivity index is 0.000000223. The fraction of sp³-hybridized carbons (Fsp3) is 0.209. The van der Waals surface area contributed by atoms with E-state index < -0.39 is 27.0 Å². The topological polar surface area (TPSA) is 25.8 Å². The summed E-state index contributed by atoms with van der Waals surface area (Å²) in [6.07, 6.45) is 3.86. The Kier molecular flexibility index (Phi) is 8.89. The largest absolute Gasteiger partial charge is 0.305 e. The van der Waals surface area contributed by atoms with E-state index in [0.29, 0.717) is 17.0 Å². The fourth-order valence-corrected chi connectivity index (χ4v) is 10.8. The maximum Gasteiger partial charge on any atom is 0.0318 e. The summed E-state index contributed by atoms with van der Waals surface area (Å²) in [6.45, 7) is 2.32. The van der Waals surface area contributed by atoms with Gasteiger partial charge in [-0.3, -0.25) is 0 Å². The van der Waals surface area contributed by atoms with Crippen molar-refractivity contribution in [3.8, 4) is 33.6 Å². The van der Waals surface area contributed by atoms with Crippen molar-refractivity contribution in [2.45, 2.75) is 57.7 Å². The van der Waals surface area contributed by atoms with E-state index in [2.05, 4.69) is 103 Å². The van der Waals surface area contributed by atoms with Crippen LogP contribution >= 0.6 is 11.3 Å². The Labute approximate surface area is 314 Å². The predicted octanol–water partition coefficient (Wildman–Crippen LogP) is 11.7. The zero-order valence-electron chi connectivity index (χ0n) is 34.0. The number of fused-ring (bicyclic) bond motifs is 3. The number of nitrogens with zero attached hydrogens (tertiary/aromatic N) is 2. The summed E-state index contributed by atoms with van der Waals surface area (Å²) in [5.74, 6) is 7.48. The first-order valence-corrected chi connectivity index (χ1v) is 24.0. The SMILES string of the molecule is [2H]C([2H])([2H])c1c[c-]c(-c2cc(C)[c]([Ge]([CH3])([CH3])[CH3])cn2)cc1.[2H]C([2H])([2H])c1ccc(-c2cccc3c2sc2c(-c4cc(C(C)C)ccn4)[c-]ccc23)cc1.[Ir]. The Morgan fingerprint density at radius 2 is 1.54 bits per heavy atom. The van der Waals surface area contributed by atoms with Crippen LogP contribution in [0.4, 0.5) is 0 Å². The molecule has 0 N–H and O–H groups in total. The molecule has 48 heavy (non-hydrogen) atoms. The number of aryl methyl sites for hydroxylation is 3. The van der Waals surface area contributed by atoms with Crippen LogP contribution in [0.15, 0.2) is 103 Å². The number of rotatable bonds is 5. The first kappa shape index (κ1) is 28.4. The van der Waals surface area contributed by atoms with Crippen molar-refractivity contribution in [3.63, 3.8) is 0 Å². The van der Waals surface area contributed by atoms with E-state index in [1.807, 2.05) is 30.6 Å². The minimum Gasteiger partial charge on any atom is -0.305 e. The van der Waals surface area contributed by atoms with Gasteiger partial charge < -0.3 is 4.98 Å². The van der Waals surface area contributed by atoms with Crippen LogP contribution in [0.3, 0.4) is 0 Å². The second kappa shape index (κ2) is 15.0. The van der Waals surface area contributed by atoms with Gasteiger partial charge in [0, 0.05) is 35.1 Å². The number of aromatic nitrogens is 2. The molecule has 0 saturated heterocycles. The minimum absolute atomic E-state index is 0.